The zero-order valence-corrected chi connectivity index (χ0v) is 11.4. The van der Waals surface area contributed by atoms with Gasteiger partial charge in [0, 0.05) is 11.4 Å². The van der Waals surface area contributed by atoms with Crippen LogP contribution in [0.2, 0.25) is 0 Å². The minimum atomic E-state index is 0.863. The van der Waals surface area contributed by atoms with Gasteiger partial charge < -0.3 is 10.6 Å². The maximum Gasteiger partial charge on any atom is 0.0205 e. The summed E-state index contributed by atoms with van der Waals surface area (Å²) in [5.74, 6) is 0.863. The van der Waals surface area contributed by atoms with Crippen molar-refractivity contribution < 1.29 is 0 Å². The van der Waals surface area contributed by atoms with Crippen molar-refractivity contribution in [3.05, 3.63) is 29.8 Å². The summed E-state index contributed by atoms with van der Waals surface area (Å²) in [4.78, 5) is 1.34. The Bertz CT molecular complexity index is 317. The number of hydrogen-bond acceptors (Lipinski definition) is 3. The van der Waals surface area contributed by atoms with Crippen LogP contribution in [0.25, 0.3) is 0 Å². The van der Waals surface area contributed by atoms with Crippen LogP contribution in [0, 0.1) is 5.92 Å². The Labute approximate surface area is 109 Å². The van der Waals surface area contributed by atoms with Crippen molar-refractivity contribution >= 4 is 11.8 Å². The molecular formula is C14H22N2S. The molecule has 0 unspecified atom stereocenters. The summed E-state index contributed by atoms with van der Waals surface area (Å²) in [6, 6.07) is 8.85. The molecule has 1 fully saturated rings. The molecule has 1 aromatic carbocycles. The van der Waals surface area contributed by atoms with Gasteiger partial charge >= 0.3 is 0 Å². The van der Waals surface area contributed by atoms with E-state index in [9.17, 15) is 0 Å². The summed E-state index contributed by atoms with van der Waals surface area (Å²) in [7, 11) is 0. The maximum absolute atomic E-state index is 3.57. The lowest BCUT2D eigenvalue weighted by Gasteiger charge is -2.22. The first-order valence-electron chi connectivity index (χ1n) is 6.43. The Balaban J connectivity index is 1.69. The third-order valence-corrected chi connectivity index (χ3v) is 4.12. The van der Waals surface area contributed by atoms with Crippen molar-refractivity contribution in [3.8, 4) is 0 Å². The fraction of sp³-hybridized carbons (Fsp3) is 0.571. The molecule has 2 nitrogen and oxygen atoms in total. The minimum Gasteiger partial charge on any atom is -0.317 e. The fourth-order valence-electron chi connectivity index (χ4n) is 2.25. The van der Waals surface area contributed by atoms with Gasteiger partial charge in [0.2, 0.25) is 0 Å². The smallest absolute Gasteiger partial charge is 0.0205 e. The Morgan fingerprint density at radius 3 is 2.59 bits per heavy atom. The molecule has 1 saturated heterocycles. The van der Waals surface area contributed by atoms with E-state index in [0.717, 1.165) is 19.0 Å². The summed E-state index contributed by atoms with van der Waals surface area (Å²) in [6.07, 6.45) is 4.75. The van der Waals surface area contributed by atoms with Gasteiger partial charge in [-0.3, -0.25) is 0 Å². The average molecular weight is 250 g/mol. The van der Waals surface area contributed by atoms with Crippen LogP contribution >= 0.6 is 11.8 Å². The zero-order chi connectivity index (χ0) is 11.9. The fourth-order valence-corrected chi connectivity index (χ4v) is 2.66. The standard InChI is InChI=1S/C14H22N2S/c1-17-14-4-2-12(3-5-14)10-16-11-13-6-8-15-9-7-13/h2-5,13,15-16H,6-11H2,1H3. The van der Waals surface area contributed by atoms with E-state index in [1.165, 1.54) is 36.4 Å². The van der Waals surface area contributed by atoms with Crippen molar-refractivity contribution in [2.24, 2.45) is 5.92 Å². The van der Waals surface area contributed by atoms with Crippen LogP contribution in [0.1, 0.15) is 18.4 Å². The predicted octanol–water partition coefficient (Wildman–Crippen LogP) is 2.50. The second kappa shape index (κ2) is 7.04. The molecule has 2 rings (SSSR count). The quantitative estimate of drug-likeness (QED) is 0.785. The molecule has 1 aromatic rings. The highest BCUT2D eigenvalue weighted by Gasteiger charge is 2.11. The van der Waals surface area contributed by atoms with Crippen LogP contribution < -0.4 is 10.6 Å². The molecule has 2 N–H and O–H groups in total. The molecule has 0 radical (unpaired) electrons. The van der Waals surface area contributed by atoms with Gasteiger partial charge in [0.25, 0.3) is 0 Å². The number of thioether (sulfide) groups is 1. The van der Waals surface area contributed by atoms with E-state index in [1.54, 1.807) is 11.8 Å². The zero-order valence-electron chi connectivity index (χ0n) is 10.5. The van der Waals surface area contributed by atoms with Crippen LogP contribution in [0.4, 0.5) is 0 Å². The average Bonchev–Trinajstić information content (AvgIpc) is 2.41. The number of hydrogen-bond donors (Lipinski definition) is 2. The van der Waals surface area contributed by atoms with E-state index in [4.69, 9.17) is 0 Å². The highest BCUT2D eigenvalue weighted by Crippen LogP contribution is 2.15. The van der Waals surface area contributed by atoms with Crippen LogP contribution in [-0.2, 0) is 6.54 Å². The SMILES string of the molecule is CSc1ccc(CNCC2CCNCC2)cc1. The first-order chi connectivity index (χ1) is 8.38. The third kappa shape index (κ3) is 4.34. The van der Waals surface area contributed by atoms with E-state index < -0.39 is 0 Å². The molecule has 1 heterocycles. The molecule has 0 aliphatic carbocycles. The van der Waals surface area contributed by atoms with Crippen LogP contribution in [0.15, 0.2) is 29.2 Å². The van der Waals surface area contributed by atoms with E-state index in [1.807, 2.05) is 0 Å². The Morgan fingerprint density at radius 2 is 1.94 bits per heavy atom. The Hall–Kier alpha value is -0.510. The monoisotopic (exact) mass is 250 g/mol. The molecule has 0 atom stereocenters. The van der Waals surface area contributed by atoms with Gasteiger partial charge in [0.05, 0.1) is 0 Å². The third-order valence-electron chi connectivity index (χ3n) is 3.38. The summed E-state index contributed by atoms with van der Waals surface area (Å²) < 4.78 is 0. The van der Waals surface area contributed by atoms with Crippen molar-refractivity contribution in [1.29, 1.82) is 0 Å². The lowest BCUT2D eigenvalue weighted by atomic mass is 9.98. The van der Waals surface area contributed by atoms with Gasteiger partial charge in [0.1, 0.15) is 0 Å². The highest BCUT2D eigenvalue weighted by molar-refractivity contribution is 7.98. The molecule has 0 bridgehead atoms. The molecular weight excluding hydrogens is 228 g/mol. The summed E-state index contributed by atoms with van der Waals surface area (Å²) in [5, 5.41) is 6.98. The van der Waals surface area contributed by atoms with Crippen molar-refractivity contribution in [2.75, 3.05) is 25.9 Å². The highest BCUT2D eigenvalue weighted by atomic mass is 32.2. The van der Waals surface area contributed by atoms with Crippen LogP contribution in [0.3, 0.4) is 0 Å². The predicted molar refractivity (Wildman–Crippen MR) is 75.5 cm³/mol. The van der Waals surface area contributed by atoms with E-state index in [2.05, 4.69) is 41.2 Å². The van der Waals surface area contributed by atoms with Gasteiger partial charge in [-0.05, 0) is 62.3 Å². The molecule has 0 aromatic heterocycles. The second-order valence-corrected chi connectivity index (χ2v) is 5.55. The number of nitrogens with one attached hydrogen (secondary N) is 2. The molecule has 3 heteroatoms. The molecule has 17 heavy (non-hydrogen) atoms. The lowest BCUT2D eigenvalue weighted by Crippen LogP contribution is -2.33. The van der Waals surface area contributed by atoms with Gasteiger partial charge in [0.15, 0.2) is 0 Å². The number of benzene rings is 1. The molecule has 0 spiro atoms. The summed E-state index contributed by atoms with van der Waals surface area (Å²) in [5.41, 5.74) is 1.39. The number of rotatable bonds is 5. The second-order valence-electron chi connectivity index (χ2n) is 4.67. The minimum absolute atomic E-state index is 0.863. The summed E-state index contributed by atoms with van der Waals surface area (Å²) >= 11 is 1.80. The van der Waals surface area contributed by atoms with Crippen molar-refractivity contribution in [3.63, 3.8) is 0 Å². The van der Waals surface area contributed by atoms with Crippen molar-refractivity contribution in [2.45, 2.75) is 24.3 Å². The molecule has 0 saturated carbocycles. The van der Waals surface area contributed by atoms with Crippen molar-refractivity contribution in [1.82, 2.24) is 10.6 Å². The lowest BCUT2D eigenvalue weighted by molar-refractivity contribution is 0.356. The molecule has 1 aliphatic heterocycles. The largest absolute Gasteiger partial charge is 0.317 e. The topological polar surface area (TPSA) is 24.1 Å². The van der Waals surface area contributed by atoms with Crippen LogP contribution in [-0.4, -0.2) is 25.9 Å². The van der Waals surface area contributed by atoms with E-state index in [-0.39, 0.29) is 0 Å². The first-order valence-corrected chi connectivity index (χ1v) is 7.65. The van der Waals surface area contributed by atoms with Gasteiger partial charge in [-0.25, -0.2) is 0 Å². The molecule has 94 valence electrons. The normalized spacial score (nSPS) is 17.2. The summed E-state index contributed by atoms with van der Waals surface area (Å²) in [6.45, 7) is 4.54. The van der Waals surface area contributed by atoms with Gasteiger partial charge in [-0.1, -0.05) is 12.1 Å². The van der Waals surface area contributed by atoms with Gasteiger partial charge in [-0.15, -0.1) is 11.8 Å². The number of piperidine rings is 1. The Morgan fingerprint density at radius 1 is 1.24 bits per heavy atom. The maximum atomic E-state index is 3.57. The first kappa shape index (κ1) is 12.9. The van der Waals surface area contributed by atoms with E-state index >= 15 is 0 Å². The van der Waals surface area contributed by atoms with E-state index in [0.29, 0.717) is 0 Å². The molecule has 1 aliphatic rings. The van der Waals surface area contributed by atoms with Gasteiger partial charge in [-0.2, -0.15) is 0 Å². The van der Waals surface area contributed by atoms with Crippen LogP contribution in [0.5, 0.6) is 0 Å². The Kier molecular flexibility index (Phi) is 5.36. The molecule has 0 amide bonds.